The van der Waals surface area contributed by atoms with E-state index in [1.54, 1.807) is 0 Å². The first-order valence-electron chi connectivity index (χ1n) is 24.4. The summed E-state index contributed by atoms with van der Waals surface area (Å²) in [5.41, 5.74) is 15.1. The van der Waals surface area contributed by atoms with Crippen LogP contribution in [0.25, 0.3) is 110 Å². The van der Waals surface area contributed by atoms with Crippen LogP contribution in [0.15, 0.2) is 273 Å². The van der Waals surface area contributed by atoms with Crippen LogP contribution < -0.4 is 4.90 Å². The molecule has 0 amide bonds. The topological polar surface area (TPSA) is 13.1 Å². The molecule has 0 atom stereocenters. The Balaban J connectivity index is 1.21. The maximum Gasteiger partial charge on any atom is 0.0624 e. The number of hydrogen-bond acceptors (Lipinski definition) is 1. The number of para-hydroxylation sites is 6. The summed E-state index contributed by atoms with van der Waals surface area (Å²) in [6.07, 6.45) is 4.75. The van der Waals surface area contributed by atoms with Gasteiger partial charge in [0.1, 0.15) is 0 Å². The van der Waals surface area contributed by atoms with Gasteiger partial charge >= 0.3 is 0 Å². The van der Waals surface area contributed by atoms with E-state index in [2.05, 4.69) is 287 Å². The summed E-state index contributed by atoms with van der Waals surface area (Å²) in [5, 5.41) is 12.0. The Morgan fingerprint density at radius 3 is 1.08 bits per heavy atom. The van der Waals surface area contributed by atoms with E-state index in [4.69, 9.17) is 0 Å². The maximum atomic E-state index is 2.55. The molecule has 0 bridgehead atoms. The van der Waals surface area contributed by atoms with Crippen molar-refractivity contribution < 1.29 is 0 Å². The number of anilines is 3. The molecular weight excluding hydrogens is 859 g/mol. The Kier molecular flexibility index (Phi) is 9.53. The summed E-state index contributed by atoms with van der Waals surface area (Å²) in [4.78, 5) is 2.47. The zero-order chi connectivity index (χ0) is 46.8. The Morgan fingerprint density at radius 2 is 0.606 bits per heavy atom. The summed E-state index contributed by atoms with van der Waals surface area (Å²) in [6, 6.07) is 95.3. The summed E-state index contributed by atoms with van der Waals surface area (Å²) in [7, 11) is 0. The lowest BCUT2D eigenvalue weighted by Crippen LogP contribution is -2.12. The van der Waals surface area contributed by atoms with Crippen LogP contribution in [0.3, 0.4) is 0 Å². The highest BCUT2D eigenvalue weighted by molar-refractivity contribution is 6.31. The first-order chi connectivity index (χ1) is 35.3. The number of rotatable bonds is 8. The van der Waals surface area contributed by atoms with E-state index in [-0.39, 0.29) is 0 Å². The first-order valence-corrected chi connectivity index (χ1v) is 24.4. The van der Waals surface area contributed by atoms with Crippen molar-refractivity contribution in [3.8, 4) is 44.8 Å². The quantitative estimate of drug-likeness (QED) is 0.109. The van der Waals surface area contributed by atoms with Gasteiger partial charge in [-0.3, -0.25) is 0 Å². The van der Waals surface area contributed by atoms with Crippen molar-refractivity contribution in [2.45, 2.75) is 0 Å². The van der Waals surface area contributed by atoms with Crippen LogP contribution in [0.2, 0.25) is 0 Å². The van der Waals surface area contributed by atoms with Crippen LogP contribution in [0.5, 0.6) is 0 Å². The molecule has 71 heavy (non-hydrogen) atoms. The van der Waals surface area contributed by atoms with E-state index in [9.17, 15) is 0 Å². The molecule has 0 radical (unpaired) electrons. The highest BCUT2D eigenvalue weighted by Gasteiger charge is 2.27. The average molecular weight is 904 g/mol. The molecular formula is C68H45N3. The van der Waals surface area contributed by atoms with E-state index < -0.39 is 0 Å². The first kappa shape index (κ1) is 40.6. The SMILES string of the molecule is c1ccc(-c2c(N(c3ccccc3)c3ccccc3)c3ccccc3c3cc4c(-c5cn(-c6ccccc6)c6ccccc56)c5ccccc5c(-c5cn(-c6ccccc6)c6ccccc56)c4cc23)cc1. The number of hydrogen-bond donors (Lipinski definition) is 0. The van der Waals surface area contributed by atoms with Crippen molar-refractivity contribution in [3.05, 3.63) is 273 Å². The largest absolute Gasteiger partial charge is 0.316 e. The molecule has 14 aromatic rings. The Labute approximate surface area is 412 Å². The van der Waals surface area contributed by atoms with Crippen LogP contribution in [0, 0.1) is 0 Å². The van der Waals surface area contributed by atoms with Gasteiger partial charge in [-0.1, -0.05) is 188 Å². The molecule has 0 saturated heterocycles. The second-order valence-corrected chi connectivity index (χ2v) is 18.4. The smallest absolute Gasteiger partial charge is 0.0624 e. The molecule has 0 aliphatic rings. The maximum absolute atomic E-state index is 2.55. The monoisotopic (exact) mass is 903 g/mol. The van der Waals surface area contributed by atoms with Gasteiger partial charge < -0.3 is 14.0 Å². The van der Waals surface area contributed by atoms with Crippen molar-refractivity contribution in [1.82, 2.24) is 9.13 Å². The molecule has 0 aliphatic carbocycles. The highest BCUT2D eigenvalue weighted by atomic mass is 15.1. The predicted molar refractivity (Wildman–Crippen MR) is 301 cm³/mol. The molecule has 0 fully saturated rings. The van der Waals surface area contributed by atoms with E-state index in [0.29, 0.717) is 0 Å². The minimum absolute atomic E-state index is 1.10. The van der Waals surface area contributed by atoms with Crippen molar-refractivity contribution in [2.75, 3.05) is 4.90 Å². The van der Waals surface area contributed by atoms with Crippen molar-refractivity contribution in [1.29, 1.82) is 0 Å². The number of nitrogens with zero attached hydrogens (tertiary/aromatic N) is 3. The molecule has 14 rings (SSSR count). The van der Waals surface area contributed by atoms with Crippen LogP contribution in [-0.4, -0.2) is 9.13 Å². The van der Waals surface area contributed by atoms with Gasteiger partial charge in [0.2, 0.25) is 0 Å². The fraction of sp³-hybridized carbons (Fsp3) is 0. The fourth-order valence-electron chi connectivity index (χ4n) is 11.5. The molecule has 12 aromatic carbocycles. The molecule has 0 unspecified atom stereocenters. The molecule has 3 nitrogen and oxygen atoms in total. The average Bonchev–Trinajstić information content (AvgIpc) is 4.03. The zero-order valence-electron chi connectivity index (χ0n) is 38.8. The number of fused-ring (bicyclic) bond motifs is 7. The van der Waals surface area contributed by atoms with Gasteiger partial charge in [-0.05, 0) is 127 Å². The third-order valence-corrected chi connectivity index (χ3v) is 14.5. The van der Waals surface area contributed by atoms with Crippen molar-refractivity contribution >= 4 is 82.0 Å². The minimum atomic E-state index is 1.10. The van der Waals surface area contributed by atoms with Crippen LogP contribution >= 0.6 is 0 Å². The van der Waals surface area contributed by atoms with E-state index in [1.807, 2.05) is 0 Å². The van der Waals surface area contributed by atoms with E-state index in [1.165, 1.54) is 92.7 Å². The third kappa shape index (κ3) is 6.51. The normalized spacial score (nSPS) is 11.7. The van der Waals surface area contributed by atoms with Crippen molar-refractivity contribution in [2.24, 2.45) is 0 Å². The van der Waals surface area contributed by atoms with Crippen molar-refractivity contribution in [3.63, 3.8) is 0 Å². The summed E-state index contributed by atoms with van der Waals surface area (Å²) >= 11 is 0. The molecule has 0 saturated carbocycles. The molecule has 2 aromatic heterocycles. The van der Waals surface area contributed by atoms with Gasteiger partial charge in [-0.15, -0.1) is 0 Å². The van der Waals surface area contributed by atoms with Gasteiger partial charge in [0.25, 0.3) is 0 Å². The van der Waals surface area contributed by atoms with Crippen LogP contribution in [-0.2, 0) is 0 Å². The number of aromatic nitrogens is 2. The van der Waals surface area contributed by atoms with Gasteiger partial charge in [-0.2, -0.15) is 0 Å². The van der Waals surface area contributed by atoms with Gasteiger partial charge in [-0.25, -0.2) is 0 Å². The molecule has 0 spiro atoms. The lowest BCUT2D eigenvalue weighted by molar-refractivity contribution is 1.13. The molecule has 0 N–H and O–H groups in total. The van der Waals surface area contributed by atoms with Gasteiger partial charge in [0, 0.05) is 68.0 Å². The molecule has 3 heteroatoms. The Bertz CT molecular complexity index is 4270. The third-order valence-electron chi connectivity index (χ3n) is 14.5. The van der Waals surface area contributed by atoms with Gasteiger partial charge in [0.15, 0.2) is 0 Å². The Morgan fingerprint density at radius 1 is 0.254 bits per heavy atom. The predicted octanol–water partition coefficient (Wildman–Crippen LogP) is 18.7. The minimum Gasteiger partial charge on any atom is -0.316 e. The highest BCUT2D eigenvalue weighted by Crippen LogP contribution is 2.54. The lowest BCUT2D eigenvalue weighted by Gasteiger charge is -2.31. The second kappa shape index (κ2) is 16.7. The molecule has 2 heterocycles. The van der Waals surface area contributed by atoms with E-state index >= 15 is 0 Å². The Hall–Kier alpha value is -9.44. The van der Waals surface area contributed by atoms with Crippen LogP contribution in [0.4, 0.5) is 17.1 Å². The van der Waals surface area contributed by atoms with Gasteiger partial charge in [0.05, 0.1) is 16.7 Å². The summed E-state index contributed by atoms with van der Waals surface area (Å²) in [6.45, 7) is 0. The second-order valence-electron chi connectivity index (χ2n) is 18.4. The van der Waals surface area contributed by atoms with Crippen LogP contribution in [0.1, 0.15) is 0 Å². The number of benzene rings is 12. The molecule has 0 aliphatic heterocycles. The summed E-state index contributed by atoms with van der Waals surface area (Å²) < 4.78 is 4.73. The lowest BCUT2D eigenvalue weighted by atomic mass is 9.82. The molecule has 332 valence electrons. The zero-order valence-corrected chi connectivity index (χ0v) is 38.8. The summed E-state index contributed by atoms with van der Waals surface area (Å²) in [5.74, 6) is 0. The van der Waals surface area contributed by atoms with E-state index in [0.717, 1.165) is 34.0 Å². The fourth-order valence-corrected chi connectivity index (χ4v) is 11.5. The standard InChI is InChI=1S/C68H45N3/c1-6-24-46(25-7-1)65-58-43-60-59(42-57(58)51-34-16-19-39-56(51)68(65)71(49-30-12-4-13-31-49)50-32-14-5-15-33-50)66(61-44-69(47-26-8-2-9-27-47)63-40-22-20-35-52(61)63)54-37-17-18-38-55(54)67(60)62-45-70(48-28-10-3-11-29-48)64-41-23-21-36-53(62)64/h1-45H.